The highest BCUT2D eigenvalue weighted by Gasteiger charge is 2.31. The van der Waals surface area contributed by atoms with E-state index < -0.39 is 22.0 Å². The van der Waals surface area contributed by atoms with Crippen LogP contribution in [0.4, 0.5) is 11.4 Å². The first-order valence-corrected chi connectivity index (χ1v) is 10.8. The Kier molecular flexibility index (Phi) is 7.35. The fourth-order valence-corrected chi connectivity index (χ4v) is 4.10. The van der Waals surface area contributed by atoms with Gasteiger partial charge in [-0.2, -0.15) is 0 Å². The number of rotatable bonds is 8. The van der Waals surface area contributed by atoms with E-state index >= 15 is 0 Å². The van der Waals surface area contributed by atoms with E-state index in [1.807, 2.05) is 0 Å². The van der Waals surface area contributed by atoms with Crippen molar-refractivity contribution in [2.75, 3.05) is 22.5 Å². The summed E-state index contributed by atoms with van der Waals surface area (Å²) in [5.74, 6) is 0.00513. The van der Waals surface area contributed by atoms with E-state index in [2.05, 4.69) is 11.9 Å². The first-order chi connectivity index (χ1) is 13.1. The summed E-state index contributed by atoms with van der Waals surface area (Å²) in [4.78, 5) is 12.7. The molecule has 0 fully saturated rings. The summed E-state index contributed by atoms with van der Waals surface area (Å²) >= 11 is 12.1. The summed E-state index contributed by atoms with van der Waals surface area (Å²) in [7, 11) is -3.82. The summed E-state index contributed by atoms with van der Waals surface area (Å²) in [5, 5.41) is 3.15. The van der Waals surface area contributed by atoms with Gasteiger partial charge in [0.2, 0.25) is 15.9 Å². The van der Waals surface area contributed by atoms with Gasteiger partial charge in [0, 0.05) is 16.8 Å². The van der Waals surface area contributed by atoms with E-state index in [-0.39, 0.29) is 10.7 Å². The zero-order valence-electron chi connectivity index (χ0n) is 15.4. The molecule has 2 aromatic rings. The van der Waals surface area contributed by atoms with Crippen molar-refractivity contribution >= 4 is 50.5 Å². The normalized spacial score (nSPS) is 12.1. The van der Waals surface area contributed by atoms with Crippen LogP contribution in [0.2, 0.25) is 10.0 Å². The molecule has 0 spiro atoms. The van der Waals surface area contributed by atoms with Crippen molar-refractivity contribution < 1.29 is 17.9 Å². The zero-order chi connectivity index (χ0) is 20.9. The number of nitrogens with zero attached hydrogens (tertiary/aromatic N) is 1. The molecule has 2 rings (SSSR count). The summed E-state index contributed by atoms with van der Waals surface area (Å²) in [5.41, 5.74) is 0.589. The molecule has 1 atom stereocenters. The summed E-state index contributed by atoms with van der Waals surface area (Å²) in [6.45, 7) is 5.36. The van der Waals surface area contributed by atoms with Crippen molar-refractivity contribution in [3.63, 3.8) is 0 Å². The van der Waals surface area contributed by atoms with Crippen LogP contribution in [-0.4, -0.2) is 33.2 Å². The van der Waals surface area contributed by atoms with Crippen molar-refractivity contribution in [3.05, 3.63) is 65.2 Å². The Morgan fingerprint density at radius 1 is 1.29 bits per heavy atom. The predicted octanol–water partition coefficient (Wildman–Crippen LogP) is 4.35. The summed E-state index contributed by atoms with van der Waals surface area (Å²) < 4.78 is 31.1. The molecule has 0 radical (unpaired) electrons. The highest BCUT2D eigenvalue weighted by atomic mass is 35.5. The Morgan fingerprint density at radius 2 is 2.00 bits per heavy atom. The van der Waals surface area contributed by atoms with Gasteiger partial charge < -0.3 is 10.1 Å². The number of nitrogens with one attached hydrogen (secondary N) is 1. The van der Waals surface area contributed by atoms with E-state index in [0.717, 1.165) is 10.6 Å². The fraction of sp³-hybridized carbons (Fsp3) is 0.211. The molecule has 150 valence electrons. The van der Waals surface area contributed by atoms with Gasteiger partial charge >= 0.3 is 0 Å². The lowest BCUT2D eigenvalue weighted by Crippen LogP contribution is -2.45. The number of carbonyl (C=O) groups excluding carboxylic acids is 1. The molecule has 0 aliphatic carbocycles. The average molecular weight is 443 g/mol. The molecular weight excluding hydrogens is 423 g/mol. The van der Waals surface area contributed by atoms with Crippen LogP contribution in [0, 0.1) is 0 Å². The molecular formula is C19H20Cl2N2O4S. The van der Waals surface area contributed by atoms with Crippen LogP contribution in [0.1, 0.15) is 6.92 Å². The largest absolute Gasteiger partial charge is 0.489 e. The molecule has 0 heterocycles. The molecule has 0 unspecified atom stereocenters. The average Bonchev–Trinajstić information content (AvgIpc) is 2.62. The second-order valence-corrected chi connectivity index (χ2v) is 8.65. The Labute approximate surface area is 174 Å². The quantitative estimate of drug-likeness (QED) is 0.616. The van der Waals surface area contributed by atoms with Crippen LogP contribution < -0.4 is 14.4 Å². The van der Waals surface area contributed by atoms with Gasteiger partial charge in [0.15, 0.2) is 0 Å². The van der Waals surface area contributed by atoms with Crippen LogP contribution in [0.5, 0.6) is 5.75 Å². The minimum absolute atomic E-state index is 0.127. The van der Waals surface area contributed by atoms with E-state index in [1.165, 1.54) is 25.1 Å². The minimum atomic E-state index is -3.82. The molecule has 0 saturated heterocycles. The lowest BCUT2D eigenvalue weighted by atomic mass is 10.2. The van der Waals surface area contributed by atoms with E-state index in [9.17, 15) is 13.2 Å². The lowest BCUT2D eigenvalue weighted by Gasteiger charge is -2.29. The van der Waals surface area contributed by atoms with Gasteiger partial charge in [-0.05, 0) is 37.3 Å². The van der Waals surface area contributed by atoms with Gasteiger partial charge in [0.05, 0.1) is 17.0 Å². The number of carbonyl (C=O) groups is 1. The molecule has 1 amide bonds. The molecule has 0 aliphatic heterocycles. The Bertz CT molecular complexity index is 980. The number of benzene rings is 2. The Morgan fingerprint density at radius 3 is 2.64 bits per heavy atom. The molecule has 28 heavy (non-hydrogen) atoms. The molecule has 6 nitrogen and oxygen atoms in total. The number of amides is 1. The number of hydrogen-bond donors (Lipinski definition) is 1. The highest BCUT2D eigenvalue weighted by molar-refractivity contribution is 7.92. The number of ether oxygens (including phenoxy) is 1. The summed E-state index contributed by atoms with van der Waals surface area (Å²) in [6, 6.07) is 10.1. The van der Waals surface area contributed by atoms with Crippen LogP contribution in [-0.2, 0) is 14.8 Å². The monoisotopic (exact) mass is 442 g/mol. The van der Waals surface area contributed by atoms with Crippen molar-refractivity contribution in [3.8, 4) is 5.75 Å². The molecule has 0 aliphatic rings. The second kappa shape index (κ2) is 9.32. The maximum absolute atomic E-state index is 12.7. The lowest BCUT2D eigenvalue weighted by molar-refractivity contribution is -0.116. The van der Waals surface area contributed by atoms with Crippen molar-refractivity contribution in [1.29, 1.82) is 0 Å². The standard InChI is InChI=1S/C19H20Cl2N2O4S/c1-4-10-27-16-7-5-6-15(12-16)22-19(24)13(2)23(28(3,25)26)18-11-14(20)8-9-17(18)21/h4-9,11-13H,1,10H2,2-3H3,(H,22,24)/t13-/m0/s1. The van der Waals surface area contributed by atoms with E-state index in [1.54, 1.807) is 30.3 Å². The molecule has 1 N–H and O–H groups in total. The van der Waals surface area contributed by atoms with Crippen molar-refractivity contribution in [2.45, 2.75) is 13.0 Å². The molecule has 0 aromatic heterocycles. The minimum Gasteiger partial charge on any atom is -0.489 e. The Balaban J connectivity index is 2.30. The number of anilines is 2. The third kappa shape index (κ3) is 5.64. The summed E-state index contributed by atoms with van der Waals surface area (Å²) in [6.07, 6.45) is 2.60. The van der Waals surface area contributed by atoms with Crippen LogP contribution >= 0.6 is 23.2 Å². The maximum Gasteiger partial charge on any atom is 0.247 e. The number of hydrogen-bond acceptors (Lipinski definition) is 4. The predicted molar refractivity (Wildman–Crippen MR) is 114 cm³/mol. The molecule has 2 aromatic carbocycles. The molecule has 9 heteroatoms. The second-order valence-electron chi connectivity index (χ2n) is 5.95. The van der Waals surface area contributed by atoms with Crippen LogP contribution in [0.3, 0.4) is 0 Å². The molecule has 0 saturated carbocycles. The topological polar surface area (TPSA) is 75.7 Å². The van der Waals surface area contributed by atoms with Gasteiger partial charge in [0.1, 0.15) is 18.4 Å². The zero-order valence-corrected chi connectivity index (χ0v) is 17.7. The van der Waals surface area contributed by atoms with Crippen LogP contribution in [0.15, 0.2) is 55.1 Å². The first-order valence-electron chi connectivity index (χ1n) is 8.22. The third-order valence-corrected chi connectivity index (χ3v) is 5.49. The van der Waals surface area contributed by atoms with E-state index in [0.29, 0.717) is 23.1 Å². The maximum atomic E-state index is 12.7. The first kappa shape index (κ1) is 22.1. The highest BCUT2D eigenvalue weighted by Crippen LogP contribution is 2.32. The van der Waals surface area contributed by atoms with Gasteiger partial charge in [-0.1, -0.05) is 41.9 Å². The Hall–Kier alpha value is -2.22. The van der Waals surface area contributed by atoms with Crippen molar-refractivity contribution in [1.82, 2.24) is 0 Å². The number of sulfonamides is 1. The fourth-order valence-electron chi connectivity index (χ4n) is 2.50. The van der Waals surface area contributed by atoms with Gasteiger partial charge in [-0.25, -0.2) is 8.42 Å². The molecule has 0 bridgehead atoms. The SMILES string of the molecule is C=CCOc1cccc(NC(=O)[C@H](C)N(c2cc(Cl)ccc2Cl)S(C)(=O)=O)c1. The van der Waals surface area contributed by atoms with Gasteiger partial charge in [0.25, 0.3) is 0 Å². The van der Waals surface area contributed by atoms with Gasteiger partial charge in [-0.15, -0.1) is 0 Å². The number of halogens is 2. The van der Waals surface area contributed by atoms with Crippen LogP contribution in [0.25, 0.3) is 0 Å². The smallest absolute Gasteiger partial charge is 0.247 e. The van der Waals surface area contributed by atoms with Crippen molar-refractivity contribution in [2.24, 2.45) is 0 Å². The van der Waals surface area contributed by atoms with Gasteiger partial charge in [-0.3, -0.25) is 9.10 Å². The van der Waals surface area contributed by atoms with E-state index in [4.69, 9.17) is 27.9 Å². The third-order valence-electron chi connectivity index (χ3n) is 3.70.